The standard InChI is InChI=1S/C15H33N3O/c1-5-8-18(10-9-17(3)4)14(2)12-16-13-15-7-6-11-19-15/h14-16H,5-13H2,1-4H3. The molecule has 0 radical (unpaired) electrons. The first-order valence-corrected chi connectivity index (χ1v) is 7.84. The quantitative estimate of drug-likeness (QED) is 0.650. The highest BCUT2D eigenvalue weighted by atomic mass is 16.5. The summed E-state index contributed by atoms with van der Waals surface area (Å²) in [5, 5.41) is 3.57. The normalized spacial score (nSPS) is 21.5. The predicted octanol–water partition coefficient (Wildman–Crippen LogP) is 1.42. The Morgan fingerprint density at radius 1 is 1.26 bits per heavy atom. The van der Waals surface area contributed by atoms with Gasteiger partial charge in [0, 0.05) is 38.8 Å². The summed E-state index contributed by atoms with van der Waals surface area (Å²) < 4.78 is 5.64. The third-order valence-corrected chi connectivity index (χ3v) is 3.80. The van der Waals surface area contributed by atoms with Crippen molar-refractivity contribution in [2.24, 2.45) is 0 Å². The molecular weight excluding hydrogens is 238 g/mol. The summed E-state index contributed by atoms with van der Waals surface area (Å²) in [4.78, 5) is 4.84. The molecule has 0 aromatic carbocycles. The lowest BCUT2D eigenvalue weighted by Crippen LogP contribution is -2.44. The second kappa shape index (κ2) is 9.70. The molecule has 4 nitrogen and oxygen atoms in total. The van der Waals surface area contributed by atoms with Gasteiger partial charge in [0.1, 0.15) is 0 Å². The second-order valence-electron chi connectivity index (χ2n) is 5.98. The number of ether oxygens (including phenoxy) is 1. The van der Waals surface area contributed by atoms with Gasteiger partial charge in [0.25, 0.3) is 0 Å². The smallest absolute Gasteiger partial charge is 0.0700 e. The topological polar surface area (TPSA) is 27.7 Å². The van der Waals surface area contributed by atoms with Gasteiger partial charge >= 0.3 is 0 Å². The summed E-state index contributed by atoms with van der Waals surface area (Å²) in [5.41, 5.74) is 0. The molecule has 114 valence electrons. The first-order valence-electron chi connectivity index (χ1n) is 7.84. The maximum absolute atomic E-state index is 5.64. The SMILES string of the molecule is CCCN(CCN(C)C)C(C)CNCC1CCCO1. The van der Waals surface area contributed by atoms with Crippen LogP contribution in [0.15, 0.2) is 0 Å². The molecule has 2 atom stereocenters. The molecule has 0 bridgehead atoms. The number of nitrogens with one attached hydrogen (secondary N) is 1. The Bertz CT molecular complexity index is 217. The fourth-order valence-electron chi connectivity index (χ4n) is 2.56. The Balaban J connectivity index is 2.19. The highest BCUT2D eigenvalue weighted by molar-refractivity contribution is 4.73. The maximum Gasteiger partial charge on any atom is 0.0700 e. The van der Waals surface area contributed by atoms with Crippen molar-refractivity contribution in [3.8, 4) is 0 Å². The molecular formula is C15H33N3O. The van der Waals surface area contributed by atoms with Crippen molar-refractivity contribution in [2.75, 3.05) is 53.4 Å². The van der Waals surface area contributed by atoms with Crippen LogP contribution in [0.2, 0.25) is 0 Å². The third kappa shape index (κ3) is 7.25. The van der Waals surface area contributed by atoms with Gasteiger partial charge < -0.3 is 15.0 Å². The fraction of sp³-hybridized carbons (Fsp3) is 1.00. The molecule has 0 spiro atoms. The van der Waals surface area contributed by atoms with E-state index in [-0.39, 0.29) is 0 Å². The van der Waals surface area contributed by atoms with Crippen molar-refractivity contribution in [3.05, 3.63) is 0 Å². The zero-order valence-corrected chi connectivity index (χ0v) is 13.3. The van der Waals surface area contributed by atoms with Gasteiger partial charge in [0.05, 0.1) is 6.10 Å². The van der Waals surface area contributed by atoms with Crippen LogP contribution in [-0.2, 0) is 4.74 Å². The second-order valence-corrected chi connectivity index (χ2v) is 5.98. The molecule has 1 heterocycles. The summed E-state index contributed by atoms with van der Waals surface area (Å²) >= 11 is 0. The average molecular weight is 271 g/mol. The summed E-state index contributed by atoms with van der Waals surface area (Å²) in [6.45, 7) is 11.1. The van der Waals surface area contributed by atoms with Crippen LogP contribution in [0.5, 0.6) is 0 Å². The van der Waals surface area contributed by atoms with E-state index in [1.807, 2.05) is 0 Å². The lowest BCUT2D eigenvalue weighted by Gasteiger charge is -2.30. The van der Waals surface area contributed by atoms with Crippen LogP contribution in [0.3, 0.4) is 0 Å². The van der Waals surface area contributed by atoms with E-state index in [0.717, 1.165) is 32.8 Å². The lowest BCUT2D eigenvalue weighted by molar-refractivity contribution is 0.106. The van der Waals surface area contributed by atoms with Gasteiger partial charge in [-0.15, -0.1) is 0 Å². The van der Waals surface area contributed by atoms with Crippen molar-refractivity contribution in [3.63, 3.8) is 0 Å². The highest BCUT2D eigenvalue weighted by Gasteiger charge is 2.17. The first kappa shape index (κ1) is 16.9. The number of hydrogen-bond donors (Lipinski definition) is 1. The van der Waals surface area contributed by atoms with E-state index >= 15 is 0 Å². The lowest BCUT2D eigenvalue weighted by atomic mass is 10.2. The molecule has 1 aliphatic rings. The fourth-order valence-corrected chi connectivity index (χ4v) is 2.56. The number of nitrogens with zero attached hydrogens (tertiary/aromatic N) is 2. The van der Waals surface area contributed by atoms with Gasteiger partial charge in [-0.1, -0.05) is 6.92 Å². The van der Waals surface area contributed by atoms with Crippen molar-refractivity contribution in [1.29, 1.82) is 0 Å². The minimum atomic E-state index is 0.452. The minimum absolute atomic E-state index is 0.452. The minimum Gasteiger partial charge on any atom is -0.377 e. The van der Waals surface area contributed by atoms with Crippen LogP contribution in [-0.4, -0.2) is 75.4 Å². The molecule has 1 saturated heterocycles. The van der Waals surface area contributed by atoms with Gasteiger partial charge in [-0.2, -0.15) is 0 Å². The van der Waals surface area contributed by atoms with Crippen molar-refractivity contribution >= 4 is 0 Å². The molecule has 2 unspecified atom stereocenters. The first-order chi connectivity index (χ1) is 9.13. The molecule has 1 aliphatic heterocycles. The molecule has 0 aromatic heterocycles. The Morgan fingerprint density at radius 2 is 2.05 bits per heavy atom. The number of likely N-dealkylation sites (N-methyl/N-ethyl adjacent to an activating group) is 1. The Labute approximate surface area is 119 Å². The summed E-state index contributed by atoms with van der Waals surface area (Å²) in [6, 6.07) is 0.598. The van der Waals surface area contributed by atoms with E-state index in [1.54, 1.807) is 0 Å². The molecule has 0 aliphatic carbocycles. The van der Waals surface area contributed by atoms with Gasteiger partial charge in [0.2, 0.25) is 0 Å². The van der Waals surface area contributed by atoms with Crippen molar-refractivity contribution < 1.29 is 4.74 Å². The zero-order valence-electron chi connectivity index (χ0n) is 13.3. The van der Waals surface area contributed by atoms with E-state index in [9.17, 15) is 0 Å². The molecule has 4 heteroatoms. The molecule has 19 heavy (non-hydrogen) atoms. The van der Waals surface area contributed by atoms with Crippen LogP contribution in [0.4, 0.5) is 0 Å². The zero-order chi connectivity index (χ0) is 14.1. The van der Waals surface area contributed by atoms with Gasteiger partial charge in [0.15, 0.2) is 0 Å². The number of hydrogen-bond acceptors (Lipinski definition) is 4. The summed E-state index contributed by atoms with van der Waals surface area (Å²) in [5.74, 6) is 0. The van der Waals surface area contributed by atoms with E-state index < -0.39 is 0 Å². The highest BCUT2D eigenvalue weighted by Crippen LogP contribution is 2.10. The molecule has 1 N–H and O–H groups in total. The van der Waals surface area contributed by atoms with E-state index in [1.165, 1.54) is 25.8 Å². The molecule has 1 rings (SSSR count). The van der Waals surface area contributed by atoms with E-state index in [0.29, 0.717) is 12.1 Å². The summed E-state index contributed by atoms with van der Waals surface area (Å²) in [7, 11) is 4.29. The molecule has 0 amide bonds. The van der Waals surface area contributed by atoms with Crippen LogP contribution < -0.4 is 5.32 Å². The van der Waals surface area contributed by atoms with Crippen LogP contribution in [0, 0.1) is 0 Å². The van der Waals surface area contributed by atoms with Gasteiger partial charge in [-0.05, 0) is 46.8 Å². The Morgan fingerprint density at radius 3 is 2.63 bits per heavy atom. The monoisotopic (exact) mass is 271 g/mol. The van der Waals surface area contributed by atoms with Crippen molar-refractivity contribution in [1.82, 2.24) is 15.1 Å². The molecule has 0 aromatic rings. The largest absolute Gasteiger partial charge is 0.377 e. The Hall–Kier alpha value is -0.160. The predicted molar refractivity (Wildman–Crippen MR) is 81.7 cm³/mol. The molecule has 1 fully saturated rings. The van der Waals surface area contributed by atoms with Crippen LogP contribution in [0.25, 0.3) is 0 Å². The third-order valence-electron chi connectivity index (χ3n) is 3.80. The van der Waals surface area contributed by atoms with Gasteiger partial charge in [-0.3, -0.25) is 4.90 Å². The van der Waals surface area contributed by atoms with Crippen LogP contribution >= 0.6 is 0 Å². The van der Waals surface area contributed by atoms with Gasteiger partial charge in [-0.25, -0.2) is 0 Å². The summed E-state index contributed by atoms with van der Waals surface area (Å²) in [6.07, 6.45) is 4.13. The van der Waals surface area contributed by atoms with Crippen molar-refractivity contribution in [2.45, 2.75) is 45.3 Å². The van der Waals surface area contributed by atoms with Crippen LogP contribution in [0.1, 0.15) is 33.1 Å². The average Bonchev–Trinajstić information content (AvgIpc) is 2.87. The molecule has 0 saturated carbocycles. The van der Waals surface area contributed by atoms with E-state index in [2.05, 4.69) is 43.1 Å². The van der Waals surface area contributed by atoms with E-state index in [4.69, 9.17) is 4.74 Å². The Kier molecular flexibility index (Phi) is 8.62. The maximum atomic E-state index is 5.64. The number of rotatable bonds is 10.